The summed E-state index contributed by atoms with van der Waals surface area (Å²) in [6, 6.07) is 0. The molecule has 0 aliphatic heterocycles. The van der Waals surface area contributed by atoms with Gasteiger partial charge in [-0.3, -0.25) is 4.68 Å². The molecule has 1 aromatic heterocycles. The van der Waals surface area contributed by atoms with Gasteiger partial charge in [0.05, 0.1) is 23.7 Å². The summed E-state index contributed by atoms with van der Waals surface area (Å²) in [6.45, 7) is 1.49. The molecule has 0 aromatic carbocycles. The topological polar surface area (TPSA) is 53.1 Å². The Kier molecular flexibility index (Phi) is 3.64. The van der Waals surface area contributed by atoms with E-state index in [1.165, 1.54) is 25.7 Å². The van der Waals surface area contributed by atoms with Crippen LogP contribution in [0.25, 0.3) is 0 Å². The molecule has 0 bridgehead atoms. The number of halogens is 1. The van der Waals surface area contributed by atoms with Gasteiger partial charge in [0.25, 0.3) is 0 Å². The van der Waals surface area contributed by atoms with E-state index in [4.69, 9.17) is 10.5 Å². The second-order valence-electron chi connectivity index (χ2n) is 3.90. The van der Waals surface area contributed by atoms with Crippen LogP contribution in [0.1, 0.15) is 25.7 Å². The molecule has 5 heteroatoms. The van der Waals surface area contributed by atoms with Gasteiger partial charge < -0.3 is 10.5 Å². The van der Waals surface area contributed by atoms with Crippen LogP contribution in [-0.4, -0.2) is 22.5 Å². The molecule has 0 spiro atoms. The number of nitrogens with two attached hydrogens (primary N) is 1. The minimum absolute atomic E-state index is 0.473. The average Bonchev–Trinajstić information content (AvgIpc) is 2.79. The number of anilines is 1. The summed E-state index contributed by atoms with van der Waals surface area (Å²) < 4.78 is 8.40. The molecule has 0 amide bonds. The van der Waals surface area contributed by atoms with Gasteiger partial charge in [-0.25, -0.2) is 0 Å². The SMILES string of the molecule is Nc1nn(CCOC2CCCC2)cc1Br. The first kappa shape index (κ1) is 11.0. The average molecular weight is 274 g/mol. The van der Waals surface area contributed by atoms with Crippen LogP contribution in [0.2, 0.25) is 0 Å². The highest BCUT2D eigenvalue weighted by Crippen LogP contribution is 2.21. The van der Waals surface area contributed by atoms with E-state index >= 15 is 0 Å². The normalized spacial score (nSPS) is 17.4. The molecule has 1 fully saturated rings. The lowest BCUT2D eigenvalue weighted by Gasteiger charge is -2.10. The maximum atomic E-state index is 5.74. The highest BCUT2D eigenvalue weighted by molar-refractivity contribution is 9.10. The van der Waals surface area contributed by atoms with Gasteiger partial charge in [0, 0.05) is 6.20 Å². The third kappa shape index (κ3) is 2.95. The van der Waals surface area contributed by atoms with Gasteiger partial charge in [0.2, 0.25) is 0 Å². The Labute approximate surface area is 97.9 Å². The zero-order valence-electron chi connectivity index (χ0n) is 8.66. The Morgan fingerprint density at radius 2 is 2.27 bits per heavy atom. The summed E-state index contributed by atoms with van der Waals surface area (Å²) in [5, 5.41) is 4.14. The number of hydrogen-bond donors (Lipinski definition) is 1. The largest absolute Gasteiger partial charge is 0.381 e. The summed E-state index contributed by atoms with van der Waals surface area (Å²) in [6.07, 6.45) is 7.40. The third-order valence-corrected chi connectivity index (χ3v) is 3.33. The lowest BCUT2D eigenvalue weighted by atomic mass is 10.3. The van der Waals surface area contributed by atoms with Crippen molar-refractivity contribution >= 4 is 21.7 Å². The minimum Gasteiger partial charge on any atom is -0.381 e. The van der Waals surface area contributed by atoms with Crippen LogP contribution in [-0.2, 0) is 11.3 Å². The Hall–Kier alpha value is -0.550. The standard InChI is InChI=1S/C10H16BrN3O/c11-9-7-14(13-10(9)12)5-6-15-8-3-1-2-4-8/h7-8H,1-6H2,(H2,12,13). The molecule has 0 saturated heterocycles. The smallest absolute Gasteiger partial charge is 0.159 e. The third-order valence-electron chi connectivity index (χ3n) is 2.72. The van der Waals surface area contributed by atoms with Gasteiger partial charge in [-0.05, 0) is 28.8 Å². The first-order chi connectivity index (χ1) is 7.25. The molecule has 1 heterocycles. The molecule has 15 heavy (non-hydrogen) atoms. The van der Waals surface area contributed by atoms with Gasteiger partial charge in [-0.15, -0.1) is 0 Å². The van der Waals surface area contributed by atoms with E-state index < -0.39 is 0 Å². The van der Waals surface area contributed by atoms with Gasteiger partial charge in [-0.1, -0.05) is 12.8 Å². The van der Waals surface area contributed by atoms with Crippen molar-refractivity contribution in [1.29, 1.82) is 0 Å². The summed E-state index contributed by atoms with van der Waals surface area (Å²) in [5.41, 5.74) is 5.61. The maximum Gasteiger partial charge on any atom is 0.159 e. The quantitative estimate of drug-likeness (QED) is 0.915. The van der Waals surface area contributed by atoms with Crippen LogP contribution in [0.4, 0.5) is 5.82 Å². The first-order valence-corrected chi connectivity index (χ1v) is 6.15. The lowest BCUT2D eigenvalue weighted by Crippen LogP contribution is -2.13. The van der Waals surface area contributed by atoms with Gasteiger partial charge in [0.15, 0.2) is 5.82 Å². The number of aromatic nitrogens is 2. The second-order valence-corrected chi connectivity index (χ2v) is 4.76. The van der Waals surface area contributed by atoms with E-state index in [9.17, 15) is 0 Å². The van der Waals surface area contributed by atoms with Gasteiger partial charge >= 0.3 is 0 Å². The fourth-order valence-electron chi connectivity index (χ4n) is 1.89. The Balaban J connectivity index is 1.73. The Morgan fingerprint density at radius 1 is 1.53 bits per heavy atom. The molecule has 0 radical (unpaired) electrons. The summed E-state index contributed by atoms with van der Waals surface area (Å²) in [4.78, 5) is 0. The molecule has 84 valence electrons. The van der Waals surface area contributed by atoms with E-state index in [0.29, 0.717) is 11.9 Å². The fraction of sp³-hybridized carbons (Fsp3) is 0.700. The van der Waals surface area contributed by atoms with E-state index in [-0.39, 0.29) is 0 Å². The van der Waals surface area contributed by atoms with Crippen molar-refractivity contribution in [2.75, 3.05) is 12.3 Å². The highest BCUT2D eigenvalue weighted by Gasteiger charge is 2.14. The van der Waals surface area contributed by atoms with Crippen molar-refractivity contribution in [3.63, 3.8) is 0 Å². The van der Waals surface area contributed by atoms with E-state index in [2.05, 4.69) is 21.0 Å². The van der Waals surface area contributed by atoms with Gasteiger partial charge in [-0.2, -0.15) is 5.10 Å². The molecular weight excluding hydrogens is 258 g/mol. The van der Waals surface area contributed by atoms with Crippen molar-refractivity contribution in [2.45, 2.75) is 38.3 Å². The Bertz CT molecular complexity index is 301. The number of ether oxygens (including phenoxy) is 1. The van der Waals surface area contributed by atoms with Crippen LogP contribution < -0.4 is 5.73 Å². The van der Waals surface area contributed by atoms with E-state index in [1.807, 2.05) is 10.9 Å². The molecule has 1 saturated carbocycles. The molecule has 2 N–H and O–H groups in total. The van der Waals surface area contributed by atoms with Crippen molar-refractivity contribution < 1.29 is 4.74 Å². The zero-order chi connectivity index (χ0) is 10.7. The van der Waals surface area contributed by atoms with Crippen molar-refractivity contribution in [3.8, 4) is 0 Å². The van der Waals surface area contributed by atoms with E-state index in [0.717, 1.165) is 17.6 Å². The Morgan fingerprint density at radius 3 is 2.87 bits per heavy atom. The second kappa shape index (κ2) is 4.99. The van der Waals surface area contributed by atoms with Crippen LogP contribution in [0.15, 0.2) is 10.7 Å². The molecular formula is C10H16BrN3O. The molecule has 2 rings (SSSR count). The molecule has 1 aliphatic rings. The monoisotopic (exact) mass is 273 g/mol. The van der Waals surface area contributed by atoms with Crippen LogP contribution >= 0.6 is 15.9 Å². The summed E-state index contributed by atoms with van der Waals surface area (Å²) in [5.74, 6) is 0.538. The van der Waals surface area contributed by atoms with E-state index in [1.54, 1.807) is 0 Å². The summed E-state index contributed by atoms with van der Waals surface area (Å²) >= 11 is 3.33. The number of rotatable bonds is 4. The molecule has 0 atom stereocenters. The van der Waals surface area contributed by atoms with Gasteiger partial charge in [0.1, 0.15) is 0 Å². The summed E-state index contributed by atoms with van der Waals surface area (Å²) in [7, 11) is 0. The molecule has 4 nitrogen and oxygen atoms in total. The lowest BCUT2D eigenvalue weighted by molar-refractivity contribution is 0.0515. The predicted octanol–water partition coefficient (Wildman–Crippen LogP) is 2.19. The fourth-order valence-corrected chi connectivity index (χ4v) is 2.21. The van der Waals surface area contributed by atoms with Crippen molar-refractivity contribution in [3.05, 3.63) is 10.7 Å². The number of nitrogen functional groups attached to an aromatic ring is 1. The van der Waals surface area contributed by atoms with Crippen LogP contribution in [0, 0.1) is 0 Å². The molecule has 1 aliphatic carbocycles. The maximum absolute atomic E-state index is 5.74. The molecule has 1 aromatic rings. The first-order valence-electron chi connectivity index (χ1n) is 5.36. The number of nitrogens with zero attached hydrogens (tertiary/aromatic N) is 2. The predicted molar refractivity (Wildman–Crippen MR) is 62.5 cm³/mol. The van der Waals surface area contributed by atoms with Crippen molar-refractivity contribution in [1.82, 2.24) is 9.78 Å². The number of hydrogen-bond acceptors (Lipinski definition) is 3. The van der Waals surface area contributed by atoms with Crippen molar-refractivity contribution in [2.24, 2.45) is 0 Å². The minimum atomic E-state index is 0.473. The van der Waals surface area contributed by atoms with Crippen LogP contribution in [0.5, 0.6) is 0 Å². The van der Waals surface area contributed by atoms with Crippen LogP contribution in [0.3, 0.4) is 0 Å². The highest BCUT2D eigenvalue weighted by atomic mass is 79.9. The zero-order valence-corrected chi connectivity index (χ0v) is 10.2. The molecule has 0 unspecified atom stereocenters.